The lowest BCUT2D eigenvalue weighted by atomic mass is 10.1. The minimum atomic E-state index is -4.87. The molecule has 1 aliphatic heterocycles. The topological polar surface area (TPSA) is 98.2 Å². The fraction of sp³-hybridized carbons (Fsp3) is 0.222. The van der Waals surface area contributed by atoms with Gasteiger partial charge in [0.2, 0.25) is 0 Å². The van der Waals surface area contributed by atoms with Crippen LogP contribution in [0.5, 0.6) is 0 Å². The molecule has 0 radical (unpaired) electrons. The Kier molecular flexibility index (Phi) is 7.02. The third-order valence-electron chi connectivity index (χ3n) is 6.59. The number of nitrogens with zero attached hydrogens (tertiary/aromatic N) is 4. The number of aromatic nitrogens is 3. The van der Waals surface area contributed by atoms with E-state index in [1.165, 1.54) is 19.2 Å². The van der Waals surface area contributed by atoms with Crippen LogP contribution in [0.3, 0.4) is 0 Å². The Bertz CT molecular complexity index is 1720. The number of hydrogen-bond donors (Lipinski definition) is 2. The Balaban J connectivity index is 0.000000384. The van der Waals surface area contributed by atoms with Gasteiger partial charge in [-0.25, -0.2) is 4.98 Å². The summed E-state index contributed by atoms with van der Waals surface area (Å²) in [5.74, 6) is -0.455. The highest BCUT2D eigenvalue weighted by molar-refractivity contribution is 7.20. The van der Waals surface area contributed by atoms with Gasteiger partial charge in [-0.05, 0) is 44.4 Å². The molecular weight excluding hydrogens is 529 g/mol. The van der Waals surface area contributed by atoms with Crippen LogP contribution in [0.25, 0.3) is 32.6 Å². The van der Waals surface area contributed by atoms with E-state index in [2.05, 4.69) is 22.2 Å². The number of carbonyl (C=O) groups is 1. The van der Waals surface area contributed by atoms with Crippen molar-refractivity contribution < 1.29 is 18.0 Å². The zero-order valence-corrected chi connectivity index (χ0v) is 21.9. The number of fused-ring (bicyclic) bond motifs is 2. The smallest absolute Gasteiger partial charge is 0.379 e. The first-order valence-corrected chi connectivity index (χ1v) is 12.8. The van der Waals surface area contributed by atoms with Crippen LogP contribution < -0.4 is 16.6 Å². The summed E-state index contributed by atoms with van der Waals surface area (Å²) in [6, 6.07) is 16.9. The molecule has 0 spiro atoms. The van der Waals surface area contributed by atoms with Gasteiger partial charge >= 0.3 is 6.18 Å². The molecule has 0 saturated carbocycles. The second-order valence-corrected chi connectivity index (χ2v) is 10.3. The number of likely N-dealkylation sites (N-methyl/N-ethyl adjacent to an activating group) is 2. The zero-order chi connectivity index (χ0) is 27.9. The van der Waals surface area contributed by atoms with Crippen LogP contribution in [0.2, 0.25) is 0 Å². The van der Waals surface area contributed by atoms with Gasteiger partial charge in [-0.15, -0.1) is 11.3 Å². The van der Waals surface area contributed by atoms with Gasteiger partial charge in [0, 0.05) is 36.4 Å². The second kappa shape index (κ2) is 10.3. The van der Waals surface area contributed by atoms with E-state index in [-0.39, 0.29) is 16.8 Å². The Labute approximate surface area is 225 Å². The number of hydrogen-bond acceptors (Lipinski definition) is 7. The molecule has 3 N–H and O–H groups in total. The summed E-state index contributed by atoms with van der Waals surface area (Å²) < 4.78 is 44.4. The summed E-state index contributed by atoms with van der Waals surface area (Å²) in [6.45, 7) is 2.44. The van der Waals surface area contributed by atoms with Crippen LogP contribution in [-0.4, -0.2) is 58.5 Å². The third-order valence-corrected chi connectivity index (χ3v) is 7.59. The molecule has 5 aromatic rings. The predicted octanol–water partition coefficient (Wildman–Crippen LogP) is 4.32. The van der Waals surface area contributed by atoms with E-state index in [0.29, 0.717) is 16.9 Å². The van der Waals surface area contributed by atoms with E-state index < -0.39 is 33.5 Å². The second-order valence-electron chi connectivity index (χ2n) is 9.22. The summed E-state index contributed by atoms with van der Waals surface area (Å²) >= 11 is 0.544. The molecule has 39 heavy (non-hydrogen) atoms. The molecule has 12 heteroatoms. The van der Waals surface area contributed by atoms with Gasteiger partial charge in [-0.2, -0.15) is 13.2 Å². The number of nitrogens with one attached hydrogen (secondary N) is 1. The van der Waals surface area contributed by atoms with Crippen molar-refractivity contribution in [1.82, 2.24) is 24.3 Å². The summed E-state index contributed by atoms with van der Waals surface area (Å²) in [5, 5.41) is 4.02. The number of benzene rings is 2. The highest BCUT2D eigenvalue weighted by Crippen LogP contribution is 2.41. The third kappa shape index (κ3) is 4.93. The van der Waals surface area contributed by atoms with Gasteiger partial charge < -0.3 is 20.5 Å². The molecule has 1 saturated heterocycles. The first-order valence-electron chi connectivity index (χ1n) is 12.0. The maximum absolute atomic E-state index is 13.9. The molecular formula is C27H25F3N6O2S. The van der Waals surface area contributed by atoms with Crippen LogP contribution in [0.1, 0.15) is 15.2 Å². The molecule has 0 aliphatic carbocycles. The van der Waals surface area contributed by atoms with Crippen molar-refractivity contribution >= 4 is 44.7 Å². The quantitative estimate of drug-likeness (QED) is 0.321. The number of carbonyl (C=O) groups excluding carboxylic acids is 1. The lowest BCUT2D eigenvalue weighted by molar-refractivity contribution is -0.136. The Morgan fingerprint density at radius 3 is 2.41 bits per heavy atom. The van der Waals surface area contributed by atoms with Crippen LogP contribution >= 0.6 is 11.3 Å². The number of thiophene rings is 1. The lowest BCUT2D eigenvalue weighted by Crippen LogP contribution is -2.54. The minimum Gasteiger partial charge on any atom is -0.379 e. The molecule has 0 atom stereocenters. The van der Waals surface area contributed by atoms with E-state index >= 15 is 0 Å². The molecule has 0 bridgehead atoms. The number of halogens is 3. The van der Waals surface area contributed by atoms with Crippen LogP contribution in [0.4, 0.5) is 19.0 Å². The number of likely N-dealkylation sites (tertiary alicyclic amines) is 1. The number of nitrogen functional groups attached to an aromatic ring is 1. The van der Waals surface area contributed by atoms with Crippen LogP contribution in [0, 0.1) is 0 Å². The monoisotopic (exact) mass is 554 g/mol. The van der Waals surface area contributed by atoms with Gasteiger partial charge in [0.15, 0.2) is 12.1 Å². The Hall–Kier alpha value is -4.00. The molecule has 0 unspecified atom stereocenters. The van der Waals surface area contributed by atoms with Crippen LogP contribution in [-0.2, 0) is 6.18 Å². The van der Waals surface area contributed by atoms with Crippen molar-refractivity contribution in [2.24, 2.45) is 0 Å². The largest absolute Gasteiger partial charge is 0.420 e. The fourth-order valence-electron chi connectivity index (χ4n) is 4.64. The lowest BCUT2D eigenvalue weighted by Gasteiger charge is -2.35. The molecule has 6 rings (SSSR count). The molecule has 4 heterocycles. The van der Waals surface area contributed by atoms with Gasteiger partial charge in [0.05, 0.1) is 21.6 Å². The predicted molar refractivity (Wildman–Crippen MR) is 147 cm³/mol. The normalized spacial score (nSPS) is 14.3. The van der Waals surface area contributed by atoms with E-state index in [1.54, 1.807) is 12.1 Å². The van der Waals surface area contributed by atoms with E-state index in [4.69, 9.17) is 5.73 Å². The average Bonchev–Trinajstić information content (AvgIpc) is 3.49. The molecule has 1 aliphatic rings. The minimum absolute atomic E-state index is 0.115. The van der Waals surface area contributed by atoms with Crippen molar-refractivity contribution in [3.8, 4) is 11.4 Å². The summed E-state index contributed by atoms with van der Waals surface area (Å²) in [6.07, 6.45) is -2.92. The molecule has 2 aromatic carbocycles. The molecule has 3 aromatic heterocycles. The van der Waals surface area contributed by atoms with Crippen LogP contribution in [0.15, 0.2) is 65.6 Å². The Morgan fingerprint density at radius 2 is 1.82 bits per heavy atom. The van der Waals surface area contributed by atoms with Crippen molar-refractivity contribution in [3.63, 3.8) is 0 Å². The number of nitrogens with two attached hydrogens (primary N) is 1. The Morgan fingerprint density at radius 1 is 1.10 bits per heavy atom. The van der Waals surface area contributed by atoms with Gasteiger partial charge in [0.1, 0.15) is 10.4 Å². The van der Waals surface area contributed by atoms with Crippen molar-refractivity contribution in [1.29, 1.82) is 0 Å². The number of anilines is 1. The fourth-order valence-corrected chi connectivity index (χ4v) is 5.64. The summed E-state index contributed by atoms with van der Waals surface area (Å²) in [5.41, 5.74) is 4.87. The number of alkyl halides is 3. The van der Waals surface area contributed by atoms with Gasteiger partial charge in [-0.3, -0.25) is 14.2 Å². The summed E-state index contributed by atoms with van der Waals surface area (Å²) in [7, 11) is 4.14. The average molecular weight is 555 g/mol. The molecule has 0 amide bonds. The van der Waals surface area contributed by atoms with Crippen molar-refractivity contribution in [2.45, 2.75) is 12.2 Å². The van der Waals surface area contributed by atoms with E-state index in [1.807, 2.05) is 54.2 Å². The molecule has 8 nitrogen and oxygen atoms in total. The number of aldehydes is 1. The standard InChI is InChI=1S/C22H13F3N4O2S.C5H12N2/c23-22(24,25)17-16(11-30)32-20-18(17)29(21(31)19(26)27-20)14-7-6-12-8-9-28(15(12)10-14)13-4-2-1-3-5-13;1-6-5-3-7(2)4-5/h1-11H,(H2,26,27);5-6H,3-4H2,1-2H3. The van der Waals surface area contributed by atoms with Gasteiger partial charge in [0.25, 0.3) is 5.56 Å². The first-order chi connectivity index (χ1) is 18.6. The van der Waals surface area contributed by atoms with E-state index in [0.717, 1.165) is 21.7 Å². The highest BCUT2D eigenvalue weighted by atomic mass is 32.1. The number of rotatable bonds is 4. The highest BCUT2D eigenvalue weighted by Gasteiger charge is 2.39. The first kappa shape index (κ1) is 26.6. The SMILES string of the molecule is CNC1CN(C)C1.Nc1nc2sc(C=O)c(C(F)(F)F)c2n(-c2ccc3ccn(-c4ccccc4)c3c2)c1=O. The summed E-state index contributed by atoms with van der Waals surface area (Å²) in [4.78, 5) is 29.7. The number of para-hydroxylation sites is 1. The molecule has 1 fully saturated rings. The maximum atomic E-state index is 13.9. The van der Waals surface area contributed by atoms with E-state index in [9.17, 15) is 22.8 Å². The van der Waals surface area contributed by atoms with Crippen molar-refractivity contribution in [2.75, 3.05) is 32.9 Å². The zero-order valence-electron chi connectivity index (χ0n) is 21.1. The van der Waals surface area contributed by atoms with Gasteiger partial charge in [-0.1, -0.05) is 24.3 Å². The van der Waals surface area contributed by atoms with Crippen molar-refractivity contribution in [3.05, 3.63) is 81.6 Å². The maximum Gasteiger partial charge on any atom is 0.420 e. The molecule has 202 valence electrons.